The molecule has 1 unspecified atom stereocenters. The number of hydrogen-bond acceptors (Lipinski definition) is 8. The summed E-state index contributed by atoms with van der Waals surface area (Å²) < 4.78 is 10.2. The molecule has 1 aliphatic heterocycles. The molecule has 1 N–H and O–H groups in total. The van der Waals surface area contributed by atoms with Crippen molar-refractivity contribution >= 4 is 35.0 Å². The highest BCUT2D eigenvalue weighted by Crippen LogP contribution is 2.37. The van der Waals surface area contributed by atoms with Gasteiger partial charge in [0, 0.05) is 13.1 Å². The van der Waals surface area contributed by atoms with Crippen molar-refractivity contribution in [2.75, 3.05) is 36.4 Å². The molecule has 0 radical (unpaired) electrons. The molecular weight excluding hydrogens is 386 g/mol. The van der Waals surface area contributed by atoms with Crippen LogP contribution in [0.4, 0.5) is 23.1 Å². The van der Waals surface area contributed by atoms with E-state index in [2.05, 4.69) is 10.3 Å². The van der Waals surface area contributed by atoms with Gasteiger partial charge in [0.25, 0.3) is 0 Å². The van der Waals surface area contributed by atoms with Crippen LogP contribution < -0.4 is 19.9 Å². The van der Waals surface area contributed by atoms with Gasteiger partial charge < -0.3 is 24.6 Å². The highest BCUT2D eigenvalue weighted by molar-refractivity contribution is 6.04. The molecule has 30 heavy (non-hydrogen) atoms. The Bertz CT molecular complexity index is 962. The number of benzene rings is 1. The quantitative estimate of drug-likeness (QED) is 0.722. The first kappa shape index (κ1) is 21.4. The summed E-state index contributed by atoms with van der Waals surface area (Å²) in [5, 5.41) is 3.15. The average Bonchev–Trinajstić information content (AvgIpc) is 2.75. The summed E-state index contributed by atoms with van der Waals surface area (Å²) in [6.45, 7) is 6.06. The Hall–Kier alpha value is -3.36. The lowest BCUT2D eigenvalue weighted by Gasteiger charge is -2.42. The van der Waals surface area contributed by atoms with Crippen molar-refractivity contribution in [2.24, 2.45) is 0 Å². The Morgan fingerprint density at radius 3 is 2.63 bits per heavy atom. The molecule has 0 fully saturated rings. The Morgan fingerprint density at radius 1 is 1.30 bits per heavy atom. The number of carbonyl (C=O) groups is 2. The van der Waals surface area contributed by atoms with Gasteiger partial charge in [-0.2, -0.15) is 4.98 Å². The predicted octanol–water partition coefficient (Wildman–Crippen LogP) is 2.99. The van der Waals surface area contributed by atoms with Gasteiger partial charge in [-0.1, -0.05) is 6.92 Å². The molecule has 1 aromatic carbocycles. The molecule has 0 bridgehead atoms. The van der Waals surface area contributed by atoms with Crippen LogP contribution in [0.15, 0.2) is 24.4 Å². The Balaban J connectivity index is 2.00. The number of amides is 1. The van der Waals surface area contributed by atoms with Crippen molar-refractivity contribution in [2.45, 2.75) is 39.3 Å². The third kappa shape index (κ3) is 3.74. The van der Waals surface area contributed by atoms with E-state index < -0.39 is 5.97 Å². The molecule has 1 amide bonds. The van der Waals surface area contributed by atoms with Crippen LogP contribution in [0.25, 0.3) is 0 Å². The van der Waals surface area contributed by atoms with E-state index in [4.69, 9.17) is 14.5 Å². The number of hydrogen-bond donors (Lipinski definition) is 1. The summed E-state index contributed by atoms with van der Waals surface area (Å²) in [5.41, 5.74) is 1.65. The lowest BCUT2D eigenvalue weighted by Crippen LogP contribution is -2.54. The molecule has 2 heterocycles. The van der Waals surface area contributed by atoms with Gasteiger partial charge >= 0.3 is 5.97 Å². The van der Waals surface area contributed by atoms with Gasteiger partial charge in [-0.25, -0.2) is 9.78 Å². The second kappa shape index (κ2) is 8.56. The maximum absolute atomic E-state index is 12.8. The molecule has 0 saturated heterocycles. The molecule has 9 heteroatoms. The third-order valence-electron chi connectivity index (χ3n) is 5.12. The lowest BCUT2D eigenvalue weighted by atomic mass is 10.1. The van der Waals surface area contributed by atoms with Crippen LogP contribution in [-0.2, 0) is 9.53 Å². The molecule has 1 atom stereocenters. The van der Waals surface area contributed by atoms with Crippen LogP contribution in [0.2, 0.25) is 0 Å². The first-order chi connectivity index (χ1) is 14.3. The van der Waals surface area contributed by atoms with Gasteiger partial charge in [-0.3, -0.25) is 4.79 Å². The summed E-state index contributed by atoms with van der Waals surface area (Å²) in [7, 11) is 4.59. The van der Waals surface area contributed by atoms with E-state index >= 15 is 0 Å². The molecule has 1 aromatic heterocycles. The van der Waals surface area contributed by atoms with Crippen LogP contribution in [0, 0.1) is 0 Å². The zero-order chi connectivity index (χ0) is 22.0. The van der Waals surface area contributed by atoms with Crippen molar-refractivity contribution < 1.29 is 19.1 Å². The normalized spacial score (nSPS) is 15.8. The second-order valence-electron chi connectivity index (χ2n) is 7.26. The van der Waals surface area contributed by atoms with E-state index in [-0.39, 0.29) is 18.0 Å². The SMILES string of the molecule is CCC1C(=O)N(C)c2cnc(Nc3ccc(C(=O)OC)cc3OC)nc2N1C(C)C. The van der Waals surface area contributed by atoms with E-state index in [9.17, 15) is 9.59 Å². The minimum absolute atomic E-state index is 0.0306. The Morgan fingerprint density at radius 2 is 2.03 bits per heavy atom. The van der Waals surface area contributed by atoms with Crippen LogP contribution >= 0.6 is 0 Å². The van der Waals surface area contributed by atoms with Gasteiger partial charge in [0.2, 0.25) is 11.9 Å². The van der Waals surface area contributed by atoms with Gasteiger partial charge in [0.15, 0.2) is 5.82 Å². The smallest absolute Gasteiger partial charge is 0.337 e. The molecule has 3 rings (SSSR count). The minimum Gasteiger partial charge on any atom is -0.495 e. The molecule has 0 spiro atoms. The molecule has 2 aromatic rings. The summed E-state index contributed by atoms with van der Waals surface area (Å²) in [4.78, 5) is 37.3. The van der Waals surface area contributed by atoms with E-state index in [1.807, 2.05) is 25.7 Å². The summed E-state index contributed by atoms with van der Waals surface area (Å²) >= 11 is 0. The van der Waals surface area contributed by atoms with Crippen molar-refractivity contribution in [3.05, 3.63) is 30.0 Å². The van der Waals surface area contributed by atoms with Crippen LogP contribution in [-0.4, -0.2) is 55.2 Å². The fourth-order valence-corrected chi connectivity index (χ4v) is 3.60. The second-order valence-corrected chi connectivity index (χ2v) is 7.26. The number of aromatic nitrogens is 2. The van der Waals surface area contributed by atoms with Crippen molar-refractivity contribution in [1.82, 2.24) is 9.97 Å². The number of carbonyl (C=O) groups excluding carboxylic acids is 2. The van der Waals surface area contributed by atoms with Crippen LogP contribution in [0.3, 0.4) is 0 Å². The van der Waals surface area contributed by atoms with Gasteiger partial charge in [0.05, 0.1) is 31.7 Å². The minimum atomic E-state index is -0.448. The fourth-order valence-electron chi connectivity index (χ4n) is 3.60. The third-order valence-corrected chi connectivity index (χ3v) is 5.12. The zero-order valence-electron chi connectivity index (χ0n) is 18.1. The number of rotatable bonds is 6. The first-order valence-electron chi connectivity index (χ1n) is 9.78. The van der Waals surface area contributed by atoms with Crippen molar-refractivity contribution in [1.29, 1.82) is 0 Å². The fraction of sp³-hybridized carbons (Fsp3) is 0.429. The molecule has 160 valence electrons. The number of anilines is 4. The molecule has 1 aliphatic rings. The monoisotopic (exact) mass is 413 g/mol. The zero-order valence-corrected chi connectivity index (χ0v) is 18.1. The maximum atomic E-state index is 12.8. The molecule has 9 nitrogen and oxygen atoms in total. The summed E-state index contributed by atoms with van der Waals surface area (Å²) in [6.07, 6.45) is 2.31. The van der Waals surface area contributed by atoms with Crippen molar-refractivity contribution in [3.8, 4) is 5.75 Å². The number of nitrogens with one attached hydrogen (secondary N) is 1. The average molecular weight is 413 g/mol. The van der Waals surface area contributed by atoms with Gasteiger partial charge in [-0.15, -0.1) is 0 Å². The maximum Gasteiger partial charge on any atom is 0.337 e. The standard InChI is InChI=1S/C21H27N5O4/c1-7-15-19(27)25(4)16-11-22-21(24-18(16)26(15)12(2)3)23-14-9-8-13(20(28)30-6)10-17(14)29-5/h8-12,15H,7H2,1-6H3,(H,22,23,24). The molecule has 0 aliphatic carbocycles. The van der Waals surface area contributed by atoms with Crippen LogP contribution in [0.1, 0.15) is 37.6 Å². The number of nitrogens with zero attached hydrogens (tertiary/aromatic N) is 4. The topological polar surface area (TPSA) is 96.9 Å². The van der Waals surface area contributed by atoms with E-state index in [1.165, 1.54) is 14.2 Å². The van der Waals surface area contributed by atoms with E-state index in [1.54, 1.807) is 36.3 Å². The highest BCUT2D eigenvalue weighted by Gasteiger charge is 2.38. The summed E-state index contributed by atoms with van der Waals surface area (Å²) in [6, 6.07) is 4.74. The van der Waals surface area contributed by atoms with Crippen LogP contribution in [0.5, 0.6) is 5.75 Å². The molecule has 0 saturated carbocycles. The van der Waals surface area contributed by atoms with Gasteiger partial charge in [-0.05, 0) is 38.5 Å². The first-order valence-corrected chi connectivity index (χ1v) is 9.78. The Labute approximate surface area is 176 Å². The number of ether oxygens (including phenoxy) is 2. The summed E-state index contributed by atoms with van der Waals surface area (Å²) in [5.74, 6) is 1.10. The predicted molar refractivity (Wildman–Crippen MR) is 115 cm³/mol. The number of fused-ring (bicyclic) bond motifs is 1. The lowest BCUT2D eigenvalue weighted by molar-refractivity contribution is -0.120. The van der Waals surface area contributed by atoms with E-state index in [0.29, 0.717) is 40.9 Å². The Kier molecular flexibility index (Phi) is 6.09. The molecular formula is C21H27N5O4. The van der Waals surface area contributed by atoms with E-state index in [0.717, 1.165) is 0 Å². The largest absolute Gasteiger partial charge is 0.495 e. The van der Waals surface area contributed by atoms with Gasteiger partial charge in [0.1, 0.15) is 17.5 Å². The highest BCUT2D eigenvalue weighted by atomic mass is 16.5. The number of esters is 1. The number of likely N-dealkylation sites (N-methyl/N-ethyl adjacent to an activating group) is 1. The van der Waals surface area contributed by atoms with Crippen molar-refractivity contribution in [3.63, 3.8) is 0 Å². The number of methoxy groups -OCH3 is 2.